The molecule has 1 unspecified atom stereocenters. The maximum atomic E-state index is 14.2. The fourth-order valence-corrected chi connectivity index (χ4v) is 4.39. The molecule has 164 valence electrons. The Morgan fingerprint density at radius 1 is 1.09 bits per heavy atom. The summed E-state index contributed by atoms with van der Waals surface area (Å²) >= 11 is 0. The number of hydrogen-bond donors (Lipinski definition) is 1. The van der Waals surface area contributed by atoms with Gasteiger partial charge >= 0.3 is 0 Å². The third-order valence-electron chi connectivity index (χ3n) is 6.03. The number of amides is 2. The normalized spacial score (nSPS) is 17.9. The summed E-state index contributed by atoms with van der Waals surface area (Å²) in [4.78, 5) is 31.9. The van der Waals surface area contributed by atoms with Crippen molar-refractivity contribution in [2.45, 2.75) is 19.8 Å². The van der Waals surface area contributed by atoms with Crippen LogP contribution in [0.25, 0.3) is 11.1 Å². The molecule has 1 fully saturated rings. The van der Waals surface area contributed by atoms with Crippen LogP contribution in [0.2, 0.25) is 0 Å². The number of benzene rings is 2. The minimum Gasteiger partial charge on any atom is -0.356 e. The van der Waals surface area contributed by atoms with Crippen molar-refractivity contribution in [1.29, 1.82) is 0 Å². The van der Waals surface area contributed by atoms with E-state index in [-0.39, 0.29) is 23.9 Å². The van der Waals surface area contributed by atoms with Gasteiger partial charge in [0, 0.05) is 32.0 Å². The Kier molecular flexibility index (Phi) is 6.30. The van der Waals surface area contributed by atoms with Gasteiger partial charge in [0.1, 0.15) is 5.82 Å². The Morgan fingerprint density at radius 2 is 1.91 bits per heavy atom. The molecule has 6 heteroatoms. The lowest BCUT2D eigenvalue weighted by Gasteiger charge is -2.28. The third kappa shape index (κ3) is 4.40. The van der Waals surface area contributed by atoms with E-state index in [1.807, 2.05) is 43.5 Å². The number of likely N-dealkylation sites (tertiary alicyclic amines) is 1. The lowest BCUT2D eigenvalue weighted by molar-refractivity contribution is -0.130. The number of carbonyl (C=O) groups is 2. The molecule has 0 spiro atoms. The van der Waals surface area contributed by atoms with E-state index in [1.54, 1.807) is 23.2 Å². The Balaban J connectivity index is 1.61. The van der Waals surface area contributed by atoms with Crippen molar-refractivity contribution in [2.75, 3.05) is 19.6 Å². The summed E-state index contributed by atoms with van der Waals surface area (Å²) in [5, 5.41) is 2.94. The van der Waals surface area contributed by atoms with E-state index in [9.17, 15) is 14.0 Å². The first-order chi connectivity index (χ1) is 15.5. The Hall–Kier alpha value is -3.54. The van der Waals surface area contributed by atoms with Crippen LogP contribution in [0, 0.1) is 11.2 Å². The molecule has 2 aromatic carbocycles. The monoisotopic (exact) mass is 431 g/mol. The van der Waals surface area contributed by atoms with Crippen LogP contribution in [-0.4, -0.2) is 41.3 Å². The highest BCUT2D eigenvalue weighted by atomic mass is 19.1. The Labute approximate surface area is 187 Å². The number of nitrogens with one attached hydrogen (secondary N) is 1. The zero-order valence-corrected chi connectivity index (χ0v) is 18.1. The number of halogens is 1. The Morgan fingerprint density at radius 3 is 2.66 bits per heavy atom. The van der Waals surface area contributed by atoms with Crippen LogP contribution in [0.15, 0.2) is 73.1 Å². The summed E-state index contributed by atoms with van der Waals surface area (Å²) in [5.41, 5.74) is 2.32. The molecular weight excluding hydrogens is 405 g/mol. The predicted molar refractivity (Wildman–Crippen MR) is 121 cm³/mol. The zero-order valence-electron chi connectivity index (χ0n) is 18.1. The molecule has 1 aromatic heterocycles. The van der Waals surface area contributed by atoms with Crippen molar-refractivity contribution >= 4 is 11.8 Å². The first-order valence-corrected chi connectivity index (χ1v) is 10.8. The molecule has 0 aliphatic carbocycles. The van der Waals surface area contributed by atoms with Gasteiger partial charge in [-0.05, 0) is 54.7 Å². The largest absolute Gasteiger partial charge is 0.356 e. The van der Waals surface area contributed by atoms with Crippen LogP contribution in [0.4, 0.5) is 4.39 Å². The third-order valence-corrected chi connectivity index (χ3v) is 6.03. The van der Waals surface area contributed by atoms with Gasteiger partial charge in [0.25, 0.3) is 5.91 Å². The molecule has 2 heterocycles. The molecule has 0 bridgehead atoms. The van der Waals surface area contributed by atoms with E-state index in [4.69, 9.17) is 0 Å². The van der Waals surface area contributed by atoms with Gasteiger partial charge in [-0.15, -0.1) is 0 Å². The number of pyridine rings is 1. The van der Waals surface area contributed by atoms with Crippen LogP contribution in [-0.2, 0) is 11.2 Å². The first-order valence-electron chi connectivity index (χ1n) is 10.8. The van der Waals surface area contributed by atoms with E-state index in [2.05, 4.69) is 16.4 Å². The molecule has 1 atom stereocenters. The van der Waals surface area contributed by atoms with Crippen molar-refractivity contribution in [2.24, 2.45) is 5.41 Å². The zero-order chi connectivity index (χ0) is 22.6. The second-order valence-electron chi connectivity index (χ2n) is 8.22. The lowest BCUT2D eigenvalue weighted by atomic mass is 9.79. The van der Waals surface area contributed by atoms with E-state index >= 15 is 0 Å². The van der Waals surface area contributed by atoms with Gasteiger partial charge in [-0.3, -0.25) is 14.6 Å². The van der Waals surface area contributed by atoms with Crippen molar-refractivity contribution in [3.63, 3.8) is 0 Å². The number of hydrogen-bond acceptors (Lipinski definition) is 3. The minimum atomic E-state index is -0.759. The average Bonchev–Trinajstić information content (AvgIpc) is 3.25. The first kappa shape index (κ1) is 21.7. The highest BCUT2D eigenvalue weighted by molar-refractivity contribution is 5.95. The highest BCUT2D eigenvalue weighted by Crippen LogP contribution is 2.36. The smallest absolute Gasteiger partial charge is 0.256 e. The van der Waals surface area contributed by atoms with Crippen LogP contribution < -0.4 is 5.32 Å². The van der Waals surface area contributed by atoms with Gasteiger partial charge in [-0.1, -0.05) is 42.5 Å². The molecule has 1 saturated heterocycles. The molecule has 4 rings (SSSR count). The number of rotatable bonds is 6. The van der Waals surface area contributed by atoms with Crippen LogP contribution in [0.3, 0.4) is 0 Å². The molecule has 1 aliphatic rings. The Bertz CT molecular complexity index is 1120. The fraction of sp³-hybridized carbons (Fsp3) is 0.269. The maximum Gasteiger partial charge on any atom is 0.256 e. The second-order valence-corrected chi connectivity index (χ2v) is 8.22. The van der Waals surface area contributed by atoms with E-state index in [0.29, 0.717) is 25.9 Å². The summed E-state index contributed by atoms with van der Waals surface area (Å²) in [6.07, 6.45) is 4.56. The van der Waals surface area contributed by atoms with Gasteiger partial charge < -0.3 is 10.2 Å². The van der Waals surface area contributed by atoms with Gasteiger partial charge in [-0.25, -0.2) is 4.39 Å². The minimum absolute atomic E-state index is 0.0396. The summed E-state index contributed by atoms with van der Waals surface area (Å²) in [6, 6.07) is 17.9. The van der Waals surface area contributed by atoms with Crippen LogP contribution >= 0.6 is 0 Å². The number of aromatic nitrogens is 1. The summed E-state index contributed by atoms with van der Waals surface area (Å²) in [6.45, 7) is 3.05. The van der Waals surface area contributed by atoms with E-state index in [0.717, 1.165) is 16.7 Å². The quantitative estimate of drug-likeness (QED) is 0.639. The average molecular weight is 432 g/mol. The SMILES string of the molecule is CCNC(=O)C1(Cc2cccc(-c3cccnc3)c2)CCN(C(=O)c2ccccc2F)C1. The van der Waals surface area contributed by atoms with Gasteiger partial charge in [0.15, 0.2) is 0 Å². The standard InChI is InChI=1S/C26H26FN3O2/c1-2-29-25(32)26(12-14-30(18-26)24(31)22-10-3-4-11-23(22)27)16-19-7-5-8-20(15-19)21-9-6-13-28-17-21/h3-11,13,15,17H,2,12,14,16,18H2,1H3,(H,29,32). The summed E-state index contributed by atoms with van der Waals surface area (Å²) < 4.78 is 14.2. The molecule has 32 heavy (non-hydrogen) atoms. The maximum absolute atomic E-state index is 14.2. The summed E-state index contributed by atoms with van der Waals surface area (Å²) in [5.74, 6) is -0.994. The molecule has 5 nitrogen and oxygen atoms in total. The van der Waals surface area contributed by atoms with Gasteiger partial charge in [0.05, 0.1) is 11.0 Å². The molecule has 0 radical (unpaired) electrons. The van der Waals surface area contributed by atoms with E-state index < -0.39 is 11.2 Å². The molecule has 2 amide bonds. The highest BCUT2D eigenvalue weighted by Gasteiger charge is 2.46. The summed E-state index contributed by atoms with van der Waals surface area (Å²) in [7, 11) is 0. The van der Waals surface area contributed by atoms with Crippen molar-refractivity contribution in [3.05, 3.63) is 90.0 Å². The lowest BCUT2D eigenvalue weighted by Crippen LogP contribution is -2.45. The van der Waals surface area contributed by atoms with Crippen LogP contribution in [0.1, 0.15) is 29.3 Å². The topological polar surface area (TPSA) is 62.3 Å². The molecule has 1 aliphatic heterocycles. The van der Waals surface area contributed by atoms with E-state index in [1.165, 1.54) is 12.1 Å². The predicted octanol–water partition coefficient (Wildman–Crippen LogP) is 4.10. The second kappa shape index (κ2) is 9.30. The van der Waals surface area contributed by atoms with Crippen molar-refractivity contribution in [1.82, 2.24) is 15.2 Å². The molecule has 1 N–H and O–H groups in total. The van der Waals surface area contributed by atoms with Crippen molar-refractivity contribution in [3.8, 4) is 11.1 Å². The number of carbonyl (C=O) groups excluding carboxylic acids is 2. The fourth-order valence-electron chi connectivity index (χ4n) is 4.39. The molecule has 0 saturated carbocycles. The van der Waals surface area contributed by atoms with Gasteiger partial charge in [0.2, 0.25) is 5.91 Å². The molecular formula is C26H26FN3O2. The van der Waals surface area contributed by atoms with Crippen molar-refractivity contribution < 1.29 is 14.0 Å². The molecule has 3 aromatic rings. The van der Waals surface area contributed by atoms with Crippen LogP contribution in [0.5, 0.6) is 0 Å². The van der Waals surface area contributed by atoms with Gasteiger partial charge in [-0.2, -0.15) is 0 Å². The number of nitrogens with zero attached hydrogens (tertiary/aromatic N) is 2.